The Morgan fingerprint density at radius 1 is 1.00 bits per heavy atom. The predicted octanol–water partition coefficient (Wildman–Crippen LogP) is 2.64. The molecule has 2 amide bonds. The molecule has 1 aliphatic heterocycles. The minimum Gasteiger partial charge on any atom is -0.338 e. The van der Waals surface area contributed by atoms with E-state index in [4.69, 9.17) is 11.6 Å². The van der Waals surface area contributed by atoms with Gasteiger partial charge in [0.15, 0.2) is 0 Å². The van der Waals surface area contributed by atoms with E-state index in [9.17, 15) is 31.9 Å². The summed E-state index contributed by atoms with van der Waals surface area (Å²) < 4.78 is 53.2. The summed E-state index contributed by atoms with van der Waals surface area (Å²) >= 11 is 5.91. The topological polar surface area (TPSA) is 62.6 Å². The number of halogens is 5. The summed E-state index contributed by atoms with van der Waals surface area (Å²) in [6.07, 6.45) is -3.71. The Kier molecular flexibility index (Phi) is 6.16. The third-order valence-electron chi connectivity index (χ3n) is 4.73. The fourth-order valence-electron chi connectivity index (χ4n) is 3.14. The molecule has 0 unspecified atom stereocenters. The Morgan fingerprint density at radius 2 is 1.63 bits per heavy atom. The van der Waals surface area contributed by atoms with Crippen LogP contribution in [0, 0.1) is 5.82 Å². The molecular formula is C19H16ClF4N3O3. The average Bonchev–Trinajstić information content (AvgIpc) is 2.68. The number of alkyl halides is 3. The lowest BCUT2D eigenvalue weighted by molar-refractivity contribution is -0.139. The molecule has 0 aliphatic carbocycles. The van der Waals surface area contributed by atoms with E-state index in [-0.39, 0.29) is 36.8 Å². The number of piperazine rings is 1. The van der Waals surface area contributed by atoms with Crippen molar-refractivity contribution in [2.24, 2.45) is 0 Å². The van der Waals surface area contributed by atoms with Gasteiger partial charge in [0.25, 0.3) is 11.5 Å². The number of hydrogen-bond acceptors (Lipinski definition) is 3. The molecular weight excluding hydrogens is 430 g/mol. The summed E-state index contributed by atoms with van der Waals surface area (Å²) in [6.45, 7) is -0.204. The first-order chi connectivity index (χ1) is 14.1. The van der Waals surface area contributed by atoms with Gasteiger partial charge in [-0.15, -0.1) is 0 Å². The molecule has 3 rings (SSSR count). The SMILES string of the molecule is O=C(Cn1cccc(C(F)(F)F)c1=O)N1CCN(C(=O)c2c(F)cccc2Cl)CC1. The Labute approximate surface area is 173 Å². The lowest BCUT2D eigenvalue weighted by atomic mass is 10.1. The van der Waals surface area contributed by atoms with E-state index in [1.165, 1.54) is 21.9 Å². The summed E-state index contributed by atoms with van der Waals surface area (Å²) in [5.41, 5.74) is -2.91. The lowest BCUT2D eigenvalue weighted by Crippen LogP contribution is -2.51. The largest absolute Gasteiger partial charge is 0.421 e. The van der Waals surface area contributed by atoms with E-state index in [0.717, 1.165) is 18.3 Å². The smallest absolute Gasteiger partial charge is 0.338 e. The maximum absolute atomic E-state index is 13.9. The van der Waals surface area contributed by atoms with Crippen molar-refractivity contribution in [1.29, 1.82) is 0 Å². The first kappa shape index (κ1) is 21.8. The van der Waals surface area contributed by atoms with E-state index in [0.29, 0.717) is 10.6 Å². The van der Waals surface area contributed by atoms with Crippen LogP contribution in [-0.2, 0) is 17.5 Å². The molecule has 160 valence electrons. The Hall–Kier alpha value is -2.88. The van der Waals surface area contributed by atoms with Crippen LogP contribution in [0.2, 0.25) is 5.02 Å². The highest BCUT2D eigenvalue weighted by atomic mass is 35.5. The second-order valence-electron chi connectivity index (χ2n) is 6.62. The van der Waals surface area contributed by atoms with Crippen LogP contribution in [0.4, 0.5) is 17.6 Å². The first-order valence-electron chi connectivity index (χ1n) is 8.87. The standard InChI is InChI=1S/C19H16ClF4N3O3/c20-13-4-1-5-14(21)16(13)18(30)26-9-7-25(8-10-26)15(28)11-27-6-2-3-12(17(27)29)19(22,23)24/h1-6H,7-11H2. The second-order valence-corrected chi connectivity index (χ2v) is 7.03. The first-order valence-corrected chi connectivity index (χ1v) is 9.25. The molecule has 1 saturated heterocycles. The van der Waals surface area contributed by atoms with Crippen LogP contribution in [0.1, 0.15) is 15.9 Å². The number of benzene rings is 1. The number of amides is 2. The summed E-state index contributed by atoms with van der Waals surface area (Å²) in [7, 11) is 0. The van der Waals surface area contributed by atoms with Gasteiger partial charge in [-0.25, -0.2) is 4.39 Å². The van der Waals surface area contributed by atoms with Gasteiger partial charge in [0.1, 0.15) is 17.9 Å². The monoisotopic (exact) mass is 445 g/mol. The molecule has 0 spiro atoms. The van der Waals surface area contributed by atoms with Gasteiger partial charge in [0.05, 0.1) is 10.6 Å². The maximum Gasteiger partial charge on any atom is 0.421 e. The third-order valence-corrected chi connectivity index (χ3v) is 5.04. The van der Waals surface area contributed by atoms with E-state index in [1.807, 2.05) is 0 Å². The highest BCUT2D eigenvalue weighted by Gasteiger charge is 2.34. The van der Waals surface area contributed by atoms with Crippen molar-refractivity contribution in [3.8, 4) is 0 Å². The highest BCUT2D eigenvalue weighted by molar-refractivity contribution is 6.33. The van der Waals surface area contributed by atoms with Gasteiger partial charge in [0, 0.05) is 32.4 Å². The van der Waals surface area contributed by atoms with Crippen LogP contribution in [0.5, 0.6) is 0 Å². The predicted molar refractivity (Wildman–Crippen MR) is 99.6 cm³/mol. The van der Waals surface area contributed by atoms with E-state index in [1.54, 1.807) is 0 Å². The van der Waals surface area contributed by atoms with E-state index in [2.05, 4.69) is 0 Å². The summed E-state index contributed by atoms with van der Waals surface area (Å²) in [4.78, 5) is 39.6. The minimum atomic E-state index is -4.82. The number of hydrogen-bond donors (Lipinski definition) is 0. The zero-order valence-corrected chi connectivity index (χ0v) is 16.2. The molecule has 2 aromatic rings. The van der Waals surface area contributed by atoms with Crippen molar-refractivity contribution < 1.29 is 27.2 Å². The van der Waals surface area contributed by atoms with E-state index >= 15 is 0 Å². The maximum atomic E-state index is 13.9. The van der Waals surface area contributed by atoms with Crippen LogP contribution in [0.25, 0.3) is 0 Å². The molecule has 11 heteroatoms. The van der Waals surface area contributed by atoms with Crippen molar-refractivity contribution in [2.75, 3.05) is 26.2 Å². The molecule has 1 aliphatic rings. The van der Waals surface area contributed by atoms with Gasteiger partial charge in [-0.05, 0) is 24.3 Å². The Balaban J connectivity index is 1.65. The fourth-order valence-corrected chi connectivity index (χ4v) is 3.39. The molecule has 1 fully saturated rings. The van der Waals surface area contributed by atoms with Gasteiger partial charge in [-0.3, -0.25) is 14.4 Å². The van der Waals surface area contributed by atoms with Crippen molar-refractivity contribution in [2.45, 2.75) is 12.7 Å². The third kappa shape index (κ3) is 4.48. The van der Waals surface area contributed by atoms with Crippen molar-refractivity contribution in [3.63, 3.8) is 0 Å². The second kappa shape index (κ2) is 8.47. The highest BCUT2D eigenvalue weighted by Crippen LogP contribution is 2.26. The molecule has 1 aromatic heterocycles. The minimum absolute atomic E-state index is 0.0255. The van der Waals surface area contributed by atoms with Gasteiger partial charge >= 0.3 is 6.18 Å². The van der Waals surface area contributed by atoms with Crippen molar-refractivity contribution in [1.82, 2.24) is 14.4 Å². The molecule has 0 radical (unpaired) electrons. The number of carbonyl (C=O) groups is 2. The van der Waals surface area contributed by atoms with Crippen molar-refractivity contribution in [3.05, 3.63) is 68.8 Å². The number of pyridine rings is 1. The summed E-state index contributed by atoms with van der Waals surface area (Å²) in [6, 6.07) is 5.59. The average molecular weight is 446 g/mol. The quantitative estimate of drug-likeness (QED) is 0.682. The van der Waals surface area contributed by atoms with Crippen LogP contribution < -0.4 is 5.56 Å². The number of aromatic nitrogens is 1. The molecule has 0 bridgehead atoms. The van der Waals surface area contributed by atoms with Crippen LogP contribution in [0.15, 0.2) is 41.3 Å². The molecule has 0 N–H and O–H groups in total. The molecule has 2 heterocycles. The molecule has 1 aromatic carbocycles. The van der Waals surface area contributed by atoms with Gasteiger partial charge in [0.2, 0.25) is 5.91 Å². The van der Waals surface area contributed by atoms with Gasteiger partial charge in [-0.2, -0.15) is 13.2 Å². The Bertz CT molecular complexity index is 1010. The van der Waals surface area contributed by atoms with Gasteiger partial charge < -0.3 is 14.4 Å². The number of nitrogens with zero attached hydrogens (tertiary/aromatic N) is 3. The van der Waals surface area contributed by atoms with Gasteiger partial charge in [-0.1, -0.05) is 17.7 Å². The molecule has 30 heavy (non-hydrogen) atoms. The number of carbonyl (C=O) groups excluding carboxylic acids is 2. The van der Waals surface area contributed by atoms with E-state index < -0.39 is 41.5 Å². The fraction of sp³-hybridized carbons (Fsp3) is 0.316. The van der Waals surface area contributed by atoms with Crippen LogP contribution >= 0.6 is 11.6 Å². The molecule has 6 nitrogen and oxygen atoms in total. The lowest BCUT2D eigenvalue weighted by Gasteiger charge is -2.35. The number of rotatable bonds is 3. The van der Waals surface area contributed by atoms with Crippen LogP contribution in [-0.4, -0.2) is 52.4 Å². The molecule has 0 saturated carbocycles. The molecule has 0 atom stereocenters. The summed E-state index contributed by atoms with van der Waals surface area (Å²) in [5.74, 6) is -1.93. The summed E-state index contributed by atoms with van der Waals surface area (Å²) in [5, 5.41) is -0.0255. The van der Waals surface area contributed by atoms with Crippen molar-refractivity contribution >= 4 is 23.4 Å². The zero-order valence-electron chi connectivity index (χ0n) is 15.5. The normalized spacial score (nSPS) is 14.7. The Morgan fingerprint density at radius 3 is 2.23 bits per heavy atom. The van der Waals surface area contributed by atoms with Crippen LogP contribution in [0.3, 0.4) is 0 Å². The zero-order chi connectivity index (χ0) is 22.1.